The summed E-state index contributed by atoms with van der Waals surface area (Å²) in [4.78, 5) is 0. The van der Waals surface area contributed by atoms with Crippen LogP contribution in [0.2, 0.25) is 0 Å². The third-order valence-corrected chi connectivity index (χ3v) is 13.3. The minimum absolute atomic E-state index is 0.0245. The van der Waals surface area contributed by atoms with Crippen molar-refractivity contribution in [3.8, 4) is 0 Å². The number of methoxy groups -OCH3 is 1. The standard InChI is InChI=1S/C31H51F3O3/c1-20(9-14-29(35)15-10-22(37-4)11-16-29)24-7-8-25-23-6-5-21-19-30(36,31(32,33)34)18-17-27(21,2)26(23)12-13-28(24,25)3/h20-26,35-36H,5-19H2,1-4H3/t20-,21-,22?,23-,24-,25-,26-,27-,28+,29?,30-/m0/s1. The van der Waals surface area contributed by atoms with Crippen molar-refractivity contribution in [1.82, 2.24) is 0 Å². The largest absolute Gasteiger partial charge is 0.417 e. The van der Waals surface area contributed by atoms with Gasteiger partial charge in [0.25, 0.3) is 0 Å². The highest BCUT2D eigenvalue weighted by Gasteiger charge is 2.65. The molecular formula is C31H51F3O3. The maximum absolute atomic E-state index is 13.7. The van der Waals surface area contributed by atoms with Gasteiger partial charge in [-0.15, -0.1) is 0 Å². The van der Waals surface area contributed by atoms with Gasteiger partial charge in [-0.1, -0.05) is 20.8 Å². The normalized spacial score (nSPS) is 51.2. The first-order valence-corrected chi connectivity index (χ1v) is 15.3. The minimum Gasteiger partial charge on any atom is -0.390 e. The zero-order valence-corrected chi connectivity index (χ0v) is 23.6. The zero-order chi connectivity index (χ0) is 26.9. The summed E-state index contributed by atoms with van der Waals surface area (Å²) in [5.41, 5.74) is -2.79. The average Bonchev–Trinajstić information content (AvgIpc) is 3.20. The average molecular weight is 529 g/mol. The van der Waals surface area contributed by atoms with Gasteiger partial charge in [0, 0.05) is 7.11 Å². The Bertz CT molecular complexity index is 823. The number of fused-ring (bicyclic) bond motifs is 5. The molecule has 0 amide bonds. The molecule has 0 aromatic rings. The molecule has 0 aliphatic heterocycles. The van der Waals surface area contributed by atoms with Crippen molar-refractivity contribution in [2.75, 3.05) is 7.11 Å². The molecule has 0 aromatic carbocycles. The lowest BCUT2D eigenvalue weighted by Gasteiger charge is -2.62. The minimum atomic E-state index is -4.53. The fourth-order valence-corrected chi connectivity index (χ4v) is 10.8. The molecule has 5 saturated carbocycles. The van der Waals surface area contributed by atoms with Gasteiger partial charge in [0.05, 0.1) is 11.7 Å². The van der Waals surface area contributed by atoms with Gasteiger partial charge in [-0.2, -0.15) is 13.2 Å². The third kappa shape index (κ3) is 4.71. The van der Waals surface area contributed by atoms with Gasteiger partial charge in [-0.25, -0.2) is 0 Å². The molecule has 5 fully saturated rings. The molecule has 0 saturated heterocycles. The molecule has 214 valence electrons. The van der Waals surface area contributed by atoms with E-state index in [9.17, 15) is 23.4 Å². The Hall–Kier alpha value is -0.330. The van der Waals surface area contributed by atoms with Gasteiger partial charge >= 0.3 is 6.18 Å². The van der Waals surface area contributed by atoms with E-state index >= 15 is 0 Å². The Morgan fingerprint density at radius 1 is 0.838 bits per heavy atom. The van der Waals surface area contributed by atoms with Crippen molar-refractivity contribution in [1.29, 1.82) is 0 Å². The third-order valence-electron chi connectivity index (χ3n) is 13.3. The van der Waals surface area contributed by atoms with Crippen LogP contribution in [0.1, 0.15) is 117 Å². The Morgan fingerprint density at radius 2 is 1.51 bits per heavy atom. The monoisotopic (exact) mass is 528 g/mol. The Morgan fingerprint density at radius 3 is 2.16 bits per heavy atom. The maximum Gasteiger partial charge on any atom is 0.417 e. The van der Waals surface area contributed by atoms with Gasteiger partial charge in [-0.3, -0.25) is 0 Å². The summed E-state index contributed by atoms with van der Waals surface area (Å²) in [6, 6.07) is 0. The SMILES string of the molecule is COC1CCC(O)(CC[C@H](C)[C@@H]2CC[C@H]3[C@@H]4CC[C@H]5C[C@](O)(C(F)(F)F)CC[C@]5(C)[C@H]4CC[C@@]32C)CC1. The fraction of sp³-hybridized carbons (Fsp3) is 1.00. The van der Waals surface area contributed by atoms with Crippen LogP contribution in [0.25, 0.3) is 0 Å². The first-order chi connectivity index (χ1) is 17.2. The Balaban J connectivity index is 1.24. The summed E-state index contributed by atoms with van der Waals surface area (Å²) in [6.07, 6.45) is 8.25. The van der Waals surface area contributed by atoms with Crippen LogP contribution in [0, 0.1) is 46.3 Å². The van der Waals surface area contributed by atoms with E-state index in [0.717, 1.165) is 57.8 Å². The van der Waals surface area contributed by atoms with Gasteiger partial charge in [0.1, 0.15) is 0 Å². The van der Waals surface area contributed by atoms with Crippen molar-refractivity contribution in [3.05, 3.63) is 0 Å². The molecule has 3 nitrogen and oxygen atoms in total. The summed E-state index contributed by atoms with van der Waals surface area (Å²) in [6.45, 7) is 7.20. The lowest BCUT2D eigenvalue weighted by atomic mass is 9.43. The number of aliphatic hydroxyl groups is 2. The summed E-state index contributed by atoms with van der Waals surface area (Å²) in [5, 5.41) is 21.7. The number of hydrogen-bond acceptors (Lipinski definition) is 3. The first kappa shape index (κ1) is 28.2. The maximum atomic E-state index is 13.7. The molecule has 5 aliphatic rings. The topological polar surface area (TPSA) is 49.7 Å². The highest BCUT2D eigenvalue weighted by Crippen LogP contribution is 2.69. The van der Waals surface area contributed by atoms with E-state index in [1.165, 1.54) is 19.3 Å². The first-order valence-electron chi connectivity index (χ1n) is 15.3. The van der Waals surface area contributed by atoms with E-state index < -0.39 is 17.4 Å². The van der Waals surface area contributed by atoms with Crippen LogP contribution in [0.15, 0.2) is 0 Å². The van der Waals surface area contributed by atoms with Crippen molar-refractivity contribution >= 4 is 0 Å². The molecule has 37 heavy (non-hydrogen) atoms. The van der Waals surface area contributed by atoms with E-state index in [-0.39, 0.29) is 24.2 Å². The summed E-state index contributed by atoms with van der Waals surface area (Å²) < 4.78 is 46.5. The number of hydrogen-bond donors (Lipinski definition) is 2. The number of halogens is 3. The van der Waals surface area contributed by atoms with Crippen molar-refractivity contribution in [2.24, 2.45) is 46.3 Å². The zero-order valence-electron chi connectivity index (χ0n) is 23.6. The second-order valence-corrected chi connectivity index (χ2v) is 14.8. The van der Waals surface area contributed by atoms with E-state index in [1.807, 2.05) is 0 Å². The summed E-state index contributed by atoms with van der Waals surface area (Å²) in [7, 11) is 1.77. The predicted molar refractivity (Wildman–Crippen MR) is 139 cm³/mol. The molecule has 5 aliphatic carbocycles. The smallest absolute Gasteiger partial charge is 0.390 e. The molecule has 0 bridgehead atoms. The van der Waals surface area contributed by atoms with E-state index in [2.05, 4.69) is 20.8 Å². The van der Waals surface area contributed by atoms with Crippen molar-refractivity contribution in [2.45, 2.75) is 141 Å². The van der Waals surface area contributed by atoms with Crippen LogP contribution >= 0.6 is 0 Å². The quantitative estimate of drug-likeness (QED) is 0.385. The van der Waals surface area contributed by atoms with Crippen LogP contribution < -0.4 is 0 Å². The van der Waals surface area contributed by atoms with Crippen LogP contribution in [0.5, 0.6) is 0 Å². The van der Waals surface area contributed by atoms with Crippen LogP contribution in [0.4, 0.5) is 13.2 Å². The number of alkyl halides is 3. The second-order valence-electron chi connectivity index (χ2n) is 14.8. The molecule has 5 rings (SSSR count). The van der Waals surface area contributed by atoms with Gasteiger partial charge in [-0.05, 0) is 143 Å². The molecular weight excluding hydrogens is 477 g/mol. The van der Waals surface area contributed by atoms with Gasteiger partial charge < -0.3 is 14.9 Å². The number of rotatable bonds is 5. The fourth-order valence-electron chi connectivity index (χ4n) is 10.8. The van der Waals surface area contributed by atoms with Crippen molar-refractivity contribution in [3.63, 3.8) is 0 Å². The molecule has 9 atom stereocenters. The van der Waals surface area contributed by atoms with E-state index in [1.54, 1.807) is 7.11 Å². The van der Waals surface area contributed by atoms with Crippen LogP contribution in [0.3, 0.4) is 0 Å². The van der Waals surface area contributed by atoms with Crippen molar-refractivity contribution < 1.29 is 28.1 Å². The number of ether oxygens (including phenoxy) is 1. The second kappa shape index (κ2) is 9.65. The summed E-state index contributed by atoms with van der Waals surface area (Å²) in [5.74, 6) is 3.00. The van der Waals surface area contributed by atoms with E-state index in [4.69, 9.17) is 4.74 Å². The molecule has 0 aromatic heterocycles. The Labute approximate surface area is 222 Å². The van der Waals surface area contributed by atoms with Crippen LogP contribution in [-0.4, -0.2) is 40.8 Å². The lowest BCUT2D eigenvalue weighted by Crippen LogP contribution is -2.59. The molecule has 0 radical (unpaired) electrons. The van der Waals surface area contributed by atoms with E-state index in [0.29, 0.717) is 47.5 Å². The van der Waals surface area contributed by atoms with Crippen LogP contribution in [-0.2, 0) is 4.74 Å². The molecule has 6 heteroatoms. The molecule has 2 N–H and O–H groups in total. The molecule has 0 spiro atoms. The summed E-state index contributed by atoms with van der Waals surface area (Å²) >= 11 is 0. The van der Waals surface area contributed by atoms with Gasteiger partial charge in [0.2, 0.25) is 0 Å². The molecule has 0 unspecified atom stereocenters. The highest BCUT2D eigenvalue weighted by molar-refractivity contribution is 5.11. The highest BCUT2D eigenvalue weighted by atomic mass is 19.4. The predicted octanol–water partition coefficient (Wildman–Crippen LogP) is 7.68. The lowest BCUT2D eigenvalue weighted by molar-refractivity contribution is -0.290. The molecule has 0 heterocycles. The Kier molecular flexibility index (Phi) is 7.35. The van der Waals surface area contributed by atoms with Gasteiger partial charge in [0.15, 0.2) is 5.60 Å².